The number of anilines is 2. The predicted octanol–water partition coefficient (Wildman–Crippen LogP) is 8.33. The van der Waals surface area contributed by atoms with Crippen LogP contribution in [0.15, 0.2) is 53.5 Å². The zero-order chi connectivity index (χ0) is 43.5. The van der Waals surface area contributed by atoms with Gasteiger partial charge in [0.25, 0.3) is 0 Å². The second kappa shape index (κ2) is 21.5. The molecule has 0 radical (unpaired) electrons. The monoisotopic (exact) mass is 889 g/mol. The van der Waals surface area contributed by atoms with Gasteiger partial charge < -0.3 is 28.6 Å². The molecule has 17 heteroatoms. The summed E-state index contributed by atoms with van der Waals surface area (Å²) in [6.45, 7) is 13.1. The van der Waals surface area contributed by atoms with Crippen molar-refractivity contribution < 1.29 is 32.9 Å². The molecule has 326 valence electrons. The lowest BCUT2D eigenvalue weighted by atomic mass is 10.1. The van der Waals surface area contributed by atoms with Gasteiger partial charge in [0.1, 0.15) is 13.3 Å². The van der Waals surface area contributed by atoms with Crippen LogP contribution in [0.25, 0.3) is 10.2 Å². The van der Waals surface area contributed by atoms with Crippen LogP contribution in [0.4, 0.5) is 21.2 Å². The Bertz CT molecular complexity index is 2400. The van der Waals surface area contributed by atoms with E-state index in [2.05, 4.69) is 58.4 Å². The number of esters is 1. The van der Waals surface area contributed by atoms with E-state index in [9.17, 15) is 4.79 Å². The van der Waals surface area contributed by atoms with E-state index in [4.69, 9.17) is 33.7 Å². The van der Waals surface area contributed by atoms with Crippen molar-refractivity contribution in [3.63, 3.8) is 0 Å². The fourth-order valence-corrected chi connectivity index (χ4v) is 9.10. The van der Waals surface area contributed by atoms with Gasteiger partial charge in [-0.05, 0) is 95.2 Å². The van der Waals surface area contributed by atoms with Gasteiger partial charge in [-0.1, -0.05) is 55.0 Å². The summed E-state index contributed by atoms with van der Waals surface area (Å²) in [5.74, 6) is 5.99. The third-order valence-corrected chi connectivity index (χ3v) is 13.5. The minimum Gasteiger partial charge on any atom is -0.488 e. The van der Waals surface area contributed by atoms with Crippen LogP contribution in [0, 0.1) is 24.6 Å². The predicted molar refractivity (Wildman–Crippen MR) is 242 cm³/mol. The average molecular weight is 890 g/mol. The molecule has 2 atom stereocenters. The molecule has 1 aliphatic rings. The molecule has 61 heavy (non-hydrogen) atoms. The number of fused-ring (bicyclic) bond motifs is 1. The Hall–Kier alpha value is -4.54. The topological polar surface area (TPSA) is 126 Å². The minimum atomic E-state index is -1.24. The number of carbonyl (C=O) groups is 1. The van der Waals surface area contributed by atoms with Crippen LogP contribution in [0.5, 0.6) is 5.75 Å². The standard InChI is InChI=1S/C44H56FN7O6S2Si/c1-9-55-42(53)40-37(27-32(58-39-18-12-13-22-56-39)28-57-35-20-19-31(26-33(35)45)15-14-21-50(3)4)60-43(46-40)51(5)38-25-30(2)41(49-48-38)47-44-52(29-54-23-24-61(6,7)8)34-16-10-11-17-36(34)59-44/h10-11,16-17,19-20,25-26,32,39H,9,12-13,18,21-24,27-29H2,1-8H3. The number of aromatic nitrogens is 4. The zero-order valence-electron chi connectivity index (χ0n) is 36.3. The highest BCUT2D eigenvalue weighted by molar-refractivity contribution is 7.16. The summed E-state index contributed by atoms with van der Waals surface area (Å²) in [6, 6.07) is 15.8. The minimum absolute atomic E-state index is 0.00615. The van der Waals surface area contributed by atoms with Crippen molar-refractivity contribution in [1.29, 1.82) is 0 Å². The van der Waals surface area contributed by atoms with E-state index in [1.807, 2.05) is 51.2 Å². The number of thiazole rings is 2. The van der Waals surface area contributed by atoms with Gasteiger partial charge in [0.05, 0.1) is 29.5 Å². The number of para-hydroxylation sites is 1. The smallest absolute Gasteiger partial charge is 0.358 e. The summed E-state index contributed by atoms with van der Waals surface area (Å²) < 4.78 is 48.4. The normalized spacial score (nSPS) is 15.2. The Balaban J connectivity index is 1.24. The Labute approximate surface area is 366 Å². The summed E-state index contributed by atoms with van der Waals surface area (Å²) in [5, 5.41) is 9.60. The van der Waals surface area contributed by atoms with Crippen LogP contribution in [-0.4, -0.2) is 105 Å². The quantitative estimate of drug-likeness (QED) is 0.0365. The molecule has 0 aliphatic carbocycles. The van der Waals surface area contributed by atoms with Crippen molar-refractivity contribution in [2.24, 2.45) is 4.99 Å². The molecule has 1 saturated heterocycles. The van der Waals surface area contributed by atoms with Crippen LogP contribution in [0.1, 0.15) is 52.7 Å². The number of hydrogen-bond donors (Lipinski definition) is 0. The summed E-state index contributed by atoms with van der Waals surface area (Å²) in [6.07, 6.45) is 1.77. The number of benzene rings is 2. The lowest BCUT2D eigenvalue weighted by molar-refractivity contribution is -0.192. The molecule has 6 rings (SSSR count). The molecule has 2 aromatic carbocycles. The van der Waals surface area contributed by atoms with Gasteiger partial charge in [-0.3, -0.25) is 9.47 Å². The number of nitrogens with zero attached hydrogens (tertiary/aromatic N) is 7. The van der Waals surface area contributed by atoms with E-state index in [1.54, 1.807) is 35.3 Å². The second-order valence-electron chi connectivity index (χ2n) is 16.3. The SMILES string of the molecule is CCOC(=O)c1nc(N(C)c2cc(C)c(N=c3sc4ccccc4n3COCC[Si](C)(C)C)nn2)sc1CC(COc1ccc(C#CCN(C)C)cc1F)OC1CCCCO1. The molecule has 0 N–H and O–H groups in total. The largest absolute Gasteiger partial charge is 0.488 e. The number of ether oxygens (including phenoxy) is 5. The van der Waals surface area contributed by atoms with E-state index < -0.39 is 32.3 Å². The molecular weight excluding hydrogens is 834 g/mol. The van der Waals surface area contributed by atoms with Crippen molar-refractivity contribution in [2.75, 3.05) is 59.0 Å². The highest BCUT2D eigenvalue weighted by Gasteiger charge is 2.28. The van der Waals surface area contributed by atoms with Gasteiger partial charge >= 0.3 is 5.97 Å². The fourth-order valence-electron chi connectivity index (χ4n) is 6.24. The Morgan fingerprint density at radius 3 is 2.66 bits per heavy atom. The first-order valence-corrected chi connectivity index (χ1v) is 25.9. The first-order chi connectivity index (χ1) is 29.3. The number of rotatable bonds is 18. The van der Waals surface area contributed by atoms with E-state index >= 15 is 4.39 Å². The maximum absolute atomic E-state index is 15.2. The van der Waals surface area contributed by atoms with E-state index in [1.165, 1.54) is 17.4 Å². The highest BCUT2D eigenvalue weighted by Crippen LogP contribution is 2.33. The van der Waals surface area contributed by atoms with Crippen LogP contribution in [0.2, 0.25) is 25.7 Å². The molecule has 1 aliphatic heterocycles. The first kappa shape index (κ1) is 46.0. The molecule has 2 unspecified atom stereocenters. The molecule has 0 saturated carbocycles. The summed E-state index contributed by atoms with van der Waals surface area (Å²) in [5.41, 5.74) is 2.57. The molecule has 4 heterocycles. The fraction of sp³-hybridized carbons (Fsp3) is 0.477. The van der Waals surface area contributed by atoms with Gasteiger partial charge in [0.2, 0.25) is 0 Å². The maximum Gasteiger partial charge on any atom is 0.358 e. The Morgan fingerprint density at radius 1 is 1.11 bits per heavy atom. The molecule has 5 aromatic rings. The highest BCUT2D eigenvalue weighted by atomic mass is 32.1. The van der Waals surface area contributed by atoms with Crippen molar-refractivity contribution in [2.45, 2.75) is 84.3 Å². The number of halogens is 1. The third-order valence-electron chi connectivity index (χ3n) is 9.62. The van der Waals surface area contributed by atoms with Crippen molar-refractivity contribution in [3.05, 3.63) is 80.8 Å². The lowest BCUT2D eigenvalue weighted by Crippen LogP contribution is -2.33. The molecule has 0 amide bonds. The average Bonchev–Trinajstić information content (AvgIpc) is 3.80. The molecule has 13 nitrogen and oxygen atoms in total. The van der Waals surface area contributed by atoms with Crippen molar-refractivity contribution in [3.8, 4) is 17.6 Å². The molecule has 3 aromatic heterocycles. The number of aryl methyl sites for hydroxylation is 1. The van der Waals surface area contributed by atoms with Gasteiger partial charge in [0, 0.05) is 45.2 Å². The van der Waals surface area contributed by atoms with Crippen LogP contribution in [0.3, 0.4) is 0 Å². The van der Waals surface area contributed by atoms with Gasteiger partial charge in [-0.2, -0.15) is 4.99 Å². The third kappa shape index (κ3) is 13.0. The van der Waals surface area contributed by atoms with Gasteiger partial charge in [-0.25, -0.2) is 14.2 Å². The lowest BCUT2D eigenvalue weighted by Gasteiger charge is -2.27. The Kier molecular flexibility index (Phi) is 16.2. The van der Waals surface area contributed by atoms with Gasteiger partial charge in [-0.15, -0.1) is 21.5 Å². The summed E-state index contributed by atoms with van der Waals surface area (Å²) >= 11 is 2.89. The zero-order valence-corrected chi connectivity index (χ0v) is 39.0. The number of carbonyl (C=O) groups excluding carboxylic acids is 1. The second-order valence-corrected chi connectivity index (χ2v) is 23.9. The summed E-state index contributed by atoms with van der Waals surface area (Å²) in [7, 11) is 4.42. The van der Waals surface area contributed by atoms with Crippen LogP contribution >= 0.6 is 22.7 Å². The molecule has 1 fully saturated rings. The van der Waals surface area contributed by atoms with Gasteiger partial charge in [0.15, 0.2) is 45.1 Å². The summed E-state index contributed by atoms with van der Waals surface area (Å²) in [4.78, 5) is 28.2. The maximum atomic E-state index is 15.2. The molecule has 0 bridgehead atoms. The van der Waals surface area contributed by atoms with E-state index in [0.717, 1.165) is 39.5 Å². The Morgan fingerprint density at radius 2 is 1.93 bits per heavy atom. The molecule has 0 spiro atoms. The molecular formula is C44H56FN7O6S2Si. The first-order valence-electron chi connectivity index (χ1n) is 20.6. The number of hydrogen-bond acceptors (Lipinski definition) is 14. The van der Waals surface area contributed by atoms with E-state index in [-0.39, 0.29) is 31.1 Å². The van der Waals surface area contributed by atoms with Crippen LogP contribution in [-0.2, 0) is 32.1 Å². The van der Waals surface area contributed by atoms with Crippen molar-refractivity contribution >= 4 is 63.7 Å². The van der Waals surface area contributed by atoms with Crippen molar-refractivity contribution in [1.82, 2.24) is 24.6 Å². The van der Waals surface area contributed by atoms with Crippen LogP contribution < -0.4 is 14.4 Å². The van der Waals surface area contributed by atoms with E-state index in [0.29, 0.717) is 60.1 Å².